The zero-order valence-electron chi connectivity index (χ0n) is 12.3. The number of hydrogen-bond acceptors (Lipinski definition) is 6. The van der Waals surface area contributed by atoms with Gasteiger partial charge in [0.25, 0.3) is 0 Å². The lowest BCUT2D eigenvalue weighted by molar-refractivity contribution is -0.146. The average Bonchev–Trinajstić information content (AvgIpc) is 2.48. The Morgan fingerprint density at radius 1 is 1.05 bits per heavy atom. The normalized spacial score (nSPS) is 9.48. The van der Waals surface area contributed by atoms with Gasteiger partial charge in [0.2, 0.25) is 0 Å². The fourth-order valence-electron chi connectivity index (χ4n) is 1.40. The fourth-order valence-corrected chi connectivity index (χ4v) is 1.40. The van der Waals surface area contributed by atoms with Crippen LogP contribution in [0.4, 0.5) is 0 Å². The van der Waals surface area contributed by atoms with Crippen LogP contribution in [0.5, 0.6) is 11.5 Å². The molecule has 0 heterocycles. The first-order valence-corrected chi connectivity index (χ1v) is 6.47. The van der Waals surface area contributed by atoms with Crippen molar-refractivity contribution < 1.29 is 28.5 Å². The molecular formula is C15H18O6. The second-order valence-electron chi connectivity index (χ2n) is 3.77. The largest absolute Gasteiger partial charge is 0.497 e. The topological polar surface area (TPSA) is 71.1 Å². The molecule has 0 N–H and O–H groups in total. The van der Waals surface area contributed by atoms with Crippen molar-refractivity contribution in [2.45, 2.75) is 13.8 Å². The van der Waals surface area contributed by atoms with Gasteiger partial charge in [0.05, 0.1) is 20.3 Å². The van der Waals surface area contributed by atoms with Gasteiger partial charge in [0.15, 0.2) is 5.57 Å². The Hall–Kier alpha value is -2.50. The van der Waals surface area contributed by atoms with Gasteiger partial charge in [-0.25, -0.2) is 9.59 Å². The van der Waals surface area contributed by atoms with Crippen molar-refractivity contribution in [2.24, 2.45) is 0 Å². The first kappa shape index (κ1) is 16.6. The summed E-state index contributed by atoms with van der Waals surface area (Å²) in [5.41, 5.74) is -0.304. The molecule has 0 bridgehead atoms. The summed E-state index contributed by atoms with van der Waals surface area (Å²) in [6, 6.07) is 6.74. The van der Waals surface area contributed by atoms with Crippen LogP contribution in [0.2, 0.25) is 0 Å². The van der Waals surface area contributed by atoms with E-state index in [-0.39, 0.29) is 18.8 Å². The summed E-state index contributed by atoms with van der Waals surface area (Å²) in [6.07, 6.45) is 1.02. The van der Waals surface area contributed by atoms with Gasteiger partial charge in [-0.1, -0.05) is 6.07 Å². The van der Waals surface area contributed by atoms with Crippen LogP contribution in [0.15, 0.2) is 36.1 Å². The van der Waals surface area contributed by atoms with E-state index in [2.05, 4.69) is 0 Å². The van der Waals surface area contributed by atoms with E-state index in [0.717, 1.165) is 6.26 Å². The van der Waals surface area contributed by atoms with Gasteiger partial charge in [0, 0.05) is 6.07 Å². The van der Waals surface area contributed by atoms with Gasteiger partial charge in [-0.2, -0.15) is 0 Å². The number of carbonyl (C=O) groups excluding carboxylic acids is 2. The molecule has 0 aromatic heterocycles. The molecule has 0 radical (unpaired) electrons. The minimum Gasteiger partial charge on any atom is -0.497 e. The molecule has 0 spiro atoms. The zero-order valence-corrected chi connectivity index (χ0v) is 12.3. The molecular weight excluding hydrogens is 276 g/mol. The molecule has 6 heteroatoms. The maximum Gasteiger partial charge on any atom is 0.348 e. The quantitative estimate of drug-likeness (QED) is 0.252. The minimum absolute atomic E-state index is 0.148. The van der Waals surface area contributed by atoms with E-state index in [1.54, 1.807) is 38.1 Å². The fraction of sp³-hybridized carbons (Fsp3) is 0.333. The Bertz CT molecular complexity index is 501. The summed E-state index contributed by atoms with van der Waals surface area (Å²) in [5.74, 6) is -0.576. The van der Waals surface area contributed by atoms with E-state index in [4.69, 9.17) is 18.9 Å². The average molecular weight is 294 g/mol. The minimum atomic E-state index is -0.793. The van der Waals surface area contributed by atoms with E-state index in [9.17, 15) is 9.59 Å². The second kappa shape index (κ2) is 8.63. The second-order valence-corrected chi connectivity index (χ2v) is 3.77. The highest BCUT2D eigenvalue weighted by atomic mass is 16.6. The summed E-state index contributed by atoms with van der Waals surface area (Å²) < 4.78 is 19.9. The number of esters is 2. The van der Waals surface area contributed by atoms with Crippen LogP contribution in [0.1, 0.15) is 13.8 Å². The van der Waals surface area contributed by atoms with Crippen molar-refractivity contribution in [3.63, 3.8) is 0 Å². The monoisotopic (exact) mass is 294 g/mol. The van der Waals surface area contributed by atoms with Gasteiger partial charge in [-0.3, -0.25) is 0 Å². The van der Waals surface area contributed by atoms with Gasteiger partial charge >= 0.3 is 11.9 Å². The van der Waals surface area contributed by atoms with Gasteiger partial charge in [0.1, 0.15) is 17.8 Å². The SMILES string of the molecule is CCOC(=O)C(=COc1cccc(OC)c1)C(=O)OCC. The molecule has 0 amide bonds. The molecule has 114 valence electrons. The van der Waals surface area contributed by atoms with Crippen LogP contribution < -0.4 is 9.47 Å². The standard InChI is InChI=1S/C15H18O6/c1-4-19-14(16)13(15(17)20-5-2)10-21-12-8-6-7-11(9-12)18-3/h6-10H,4-5H2,1-3H3. The molecule has 0 saturated carbocycles. The highest BCUT2D eigenvalue weighted by Crippen LogP contribution is 2.19. The molecule has 1 aromatic rings. The number of rotatable bonds is 7. The van der Waals surface area contributed by atoms with Crippen LogP contribution in [-0.4, -0.2) is 32.3 Å². The molecule has 0 unspecified atom stereocenters. The van der Waals surface area contributed by atoms with Crippen molar-refractivity contribution in [1.82, 2.24) is 0 Å². The Kier molecular flexibility index (Phi) is 6.80. The Morgan fingerprint density at radius 2 is 1.62 bits per heavy atom. The van der Waals surface area contributed by atoms with E-state index >= 15 is 0 Å². The van der Waals surface area contributed by atoms with E-state index in [1.807, 2.05) is 0 Å². The van der Waals surface area contributed by atoms with Crippen molar-refractivity contribution in [1.29, 1.82) is 0 Å². The number of hydrogen-bond donors (Lipinski definition) is 0. The molecule has 6 nitrogen and oxygen atoms in total. The lowest BCUT2D eigenvalue weighted by Crippen LogP contribution is -2.19. The predicted molar refractivity (Wildman–Crippen MR) is 75.0 cm³/mol. The van der Waals surface area contributed by atoms with Crippen LogP contribution in [0.3, 0.4) is 0 Å². The Morgan fingerprint density at radius 3 is 2.14 bits per heavy atom. The number of methoxy groups -OCH3 is 1. The van der Waals surface area contributed by atoms with Crippen molar-refractivity contribution in [3.05, 3.63) is 36.1 Å². The molecule has 1 rings (SSSR count). The predicted octanol–water partition coefficient (Wildman–Crippen LogP) is 2.08. The Balaban J connectivity index is 2.90. The van der Waals surface area contributed by atoms with Crippen molar-refractivity contribution in [2.75, 3.05) is 20.3 Å². The van der Waals surface area contributed by atoms with Crippen molar-refractivity contribution in [3.8, 4) is 11.5 Å². The number of ether oxygens (including phenoxy) is 4. The third-order valence-corrected chi connectivity index (χ3v) is 2.34. The van der Waals surface area contributed by atoms with E-state index in [0.29, 0.717) is 11.5 Å². The van der Waals surface area contributed by atoms with Crippen LogP contribution >= 0.6 is 0 Å². The maximum absolute atomic E-state index is 11.7. The maximum atomic E-state index is 11.7. The molecule has 1 aromatic carbocycles. The molecule has 0 aliphatic heterocycles. The third-order valence-electron chi connectivity index (χ3n) is 2.34. The van der Waals surface area contributed by atoms with Crippen LogP contribution in [0.25, 0.3) is 0 Å². The lowest BCUT2D eigenvalue weighted by atomic mass is 10.3. The van der Waals surface area contributed by atoms with E-state index < -0.39 is 11.9 Å². The summed E-state index contributed by atoms with van der Waals surface area (Å²) in [5, 5.41) is 0. The summed E-state index contributed by atoms with van der Waals surface area (Å²) in [6.45, 7) is 3.58. The van der Waals surface area contributed by atoms with Crippen LogP contribution in [0, 0.1) is 0 Å². The highest BCUT2D eigenvalue weighted by molar-refractivity contribution is 6.13. The summed E-state index contributed by atoms with van der Waals surface area (Å²) in [4.78, 5) is 23.4. The first-order chi connectivity index (χ1) is 10.1. The summed E-state index contributed by atoms with van der Waals surface area (Å²) >= 11 is 0. The van der Waals surface area contributed by atoms with Crippen LogP contribution in [-0.2, 0) is 19.1 Å². The smallest absolute Gasteiger partial charge is 0.348 e. The molecule has 0 aliphatic rings. The van der Waals surface area contributed by atoms with Gasteiger partial charge in [-0.05, 0) is 26.0 Å². The molecule has 0 atom stereocenters. The third kappa shape index (κ3) is 5.18. The molecule has 0 aliphatic carbocycles. The lowest BCUT2D eigenvalue weighted by Gasteiger charge is -2.07. The molecule has 21 heavy (non-hydrogen) atoms. The summed E-state index contributed by atoms with van der Waals surface area (Å²) in [7, 11) is 1.53. The first-order valence-electron chi connectivity index (χ1n) is 6.47. The van der Waals surface area contributed by atoms with Crippen molar-refractivity contribution >= 4 is 11.9 Å². The number of carbonyl (C=O) groups is 2. The molecule has 0 fully saturated rings. The Labute approximate surface area is 123 Å². The highest BCUT2D eigenvalue weighted by Gasteiger charge is 2.21. The van der Waals surface area contributed by atoms with Gasteiger partial charge < -0.3 is 18.9 Å². The number of benzene rings is 1. The zero-order chi connectivity index (χ0) is 15.7. The van der Waals surface area contributed by atoms with Gasteiger partial charge in [-0.15, -0.1) is 0 Å². The molecule has 0 saturated heterocycles. The van der Waals surface area contributed by atoms with E-state index in [1.165, 1.54) is 7.11 Å².